The molecule has 0 saturated carbocycles. The van der Waals surface area contributed by atoms with E-state index in [1.54, 1.807) is 26.2 Å². The van der Waals surface area contributed by atoms with E-state index in [0.717, 1.165) is 29.5 Å². The molecule has 3 aromatic carbocycles. The number of oxime groups is 1. The number of benzene rings is 3. The average Bonchev–Trinajstić information content (AvgIpc) is 3.74. The second-order valence-corrected chi connectivity index (χ2v) is 18.0. The molecule has 312 valence electrons. The number of thioether (sulfide) groups is 1. The summed E-state index contributed by atoms with van der Waals surface area (Å²) in [5, 5.41) is 13.0. The van der Waals surface area contributed by atoms with Gasteiger partial charge >= 0.3 is 5.97 Å². The third kappa shape index (κ3) is 8.62. The number of allylic oxidation sites excluding steroid dienone is 2. The minimum Gasteiger partial charge on any atom is -0.455 e. The van der Waals surface area contributed by atoms with Gasteiger partial charge in [-0.05, 0) is 74.9 Å². The molecule has 0 bridgehead atoms. The van der Waals surface area contributed by atoms with Crippen molar-refractivity contribution in [1.29, 1.82) is 0 Å². The Bertz CT molecular complexity index is 2400. The molecule has 1 saturated heterocycles. The molecule has 11 nitrogen and oxygen atoms in total. The first kappa shape index (κ1) is 41.7. The van der Waals surface area contributed by atoms with Crippen molar-refractivity contribution in [1.82, 2.24) is 15.2 Å². The van der Waals surface area contributed by atoms with Crippen LogP contribution >= 0.6 is 23.1 Å². The highest BCUT2D eigenvalue weighted by molar-refractivity contribution is 8.03. The highest BCUT2D eigenvalue weighted by atomic mass is 32.2. The summed E-state index contributed by atoms with van der Waals surface area (Å²) in [4.78, 5) is 54.1. The summed E-state index contributed by atoms with van der Waals surface area (Å²) >= 11 is 2.79. The minimum atomic E-state index is -0.908. The first-order valence-electron chi connectivity index (χ1n) is 20.5. The van der Waals surface area contributed by atoms with Crippen molar-refractivity contribution >= 4 is 51.7 Å². The summed E-state index contributed by atoms with van der Waals surface area (Å²) in [7, 11) is 1.36. The molecule has 0 radical (unpaired) electrons. The van der Waals surface area contributed by atoms with Gasteiger partial charge in [0.25, 0.3) is 11.8 Å². The molecule has 3 aliphatic rings. The first-order valence-corrected chi connectivity index (χ1v) is 22.4. The van der Waals surface area contributed by atoms with Gasteiger partial charge in [0.1, 0.15) is 35.7 Å². The standard InChI is InChI=1S/C48H48N6O5S2/c1-47(2,3)59-45(57)42-39(27-17-29-53-28-16-19-32-18-14-15-26-37(32)53)60-31-38-41(44(56)54(38)42)50-43(55)40(52-58-4)36-30-61-46(49-36)51-48(33-20-8-5-9-21-33,34-22-10-6-11-23-34)35-24-12-7-13-25-35/h5-13,16-17,19-25,27-28,30,38,41H,14-15,18,26,29,31H2,1-4H3,(H-,49,50,51,55)/p+1/b27-17+,52-40?/t38-,41+/m1/s1. The zero-order chi connectivity index (χ0) is 42.6. The second-order valence-electron chi connectivity index (χ2n) is 16.1. The maximum Gasteiger partial charge on any atom is 0.356 e. The van der Waals surface area contributed by atoms with Crippen LogP contribution in [0.3, 0.4) is 0 Å². The van der Waals surface area contributed by atoms with E-state index < -0.39 is 41.0 Å². The first-order chi connectivity index (χ1) is 29.6. The molecule has 2 aliphatic heterocycles. The van der Waals surface area contributed by atoms with Crippen LogP contribution < -0.4 is 15.2 Å². The fourth-order valence-electron chi connectivity index (χ4n) is 8.27. The molecule has 2 amide bonds. The molecule has 1 aliphatic carbocycles. The number of aryl methyl sites for hydroxylation is 1. The lowest BCUT2D eigenvalue weighted by Crippen LogP contribution is -2.73. The number of aromatic nitrogens is 2. The molecule has 0 spiro atoms. The summed E-state index contributed by atoms with van der Waals surface area (Å²) in [5.41, 5.74) is 4.46. The van der Waals surface area contributed by atoms with Crippen molar-refractivity contribution in [3.05, 3.63) is 171 Å². The largest absolute Gasteiger partial charge is 0.455 e. The van der Waals surface area contributed by atoms with Crippen LogP contribution in [0.1, 0.15) is 67.3 Å². The van der Waals surface area contributed by atoms with Crippen molar-refractivity contribution in [2.24, 2.45) is 5.16 Å². The number of nitrogens with one attached hydrogen (secondary N) is 2. The molecule has 2 N–H and O–H groups in total. The summed E-state index contributed by atoms with van der Waals surface area (Å²) in [6.07, 6.45) is 10.5. The fourth-order valence-corrected chi connectivity index (χ4v) is 10.2. The third-order valence-corrected chi connectivity index (χ3v) is 12.9. The van der Waals surface area contributed by atoms with Crippen LogP contribution in [0.5, 0.6) is 0 Å². The Morgan fingerprint density at radius 3 is 2.18 bits per heavy atom. The molecule has 61 heavy (non-hydrogen) atoms. The Labute approximate surface area is 364 Å². The van der Waals surface area contributed by atoms with Gasteiger partial charge in [-0.3, -0.25) is 14.5 Å². The Morgan fingerprint density at radius 1 is 0.918 bits per heavy atom. The molecule has 2 aromatic heterocycles. The lowest BCUT2D eigenvalue weighted by Gasteiger charge is -2.50. The van der Waals surface area contributed by atoms with Gasteiger partial charge in [-0.1, -0.05) is 96.2 Å². The fraction of sp³-hybridized carbons (Fsp3) is 0.292. The number of esters is 1. The number of nitrogens with zero attached hydrogens (tertiary/aromatic N) is 4. The average molecular weight is 854 g/mol. The van der Waals surface area contributed by atoms with Gasteiger partial charge < -0.3 is 20.2 Å². The molecule has 0 unspecified atom stereocenters. The number of rotatable bonds is 13. The van der Waals surface area contributed by atoms with Crippen molar-refractivity contribution in [2.75, 3.05) is 18.2 Å². The van der Waals surface area contributed by atoms with Crippen LogP contribution in [0, 0.1) is 0 Å². The van der Waals surface area contributed by atoms with Gasteiger partial charge in [0.05, 0.1) is 6.04 Å². The number of carbonyl (C=O) groups is 3. The predicted octanol–water partition coefficient (Wildman–Crippen LogP) is 7.32. The van der Waals surface area contributed by atoms with E-state index in [-0.39, 0.29) is 17.1 Å². The molecule has 2 atom stereocenters. The van der Waals surface area contributed by atoms with Gasteiger partial charge in [0.15, 0.2) is 29.3 Å². The van der Waals surface area contributed by atoms with Crippen LogP contribution in [-0.4, -0.2) is 63.9 Å². The van der Waals surface area contributed by atoms with E-state index in [4.69, 9.17) is 14.6 Å². The highest BCUT2D eigenvalue weighted by Gasteiger charge is 2.54. The van der Waals surface area contributed by atoms with E-state index in [9.17, 15) is 14.4 Å². The molecular weight excluding hydrogens is 805 g/mol. The third-order valence-electron chi connectivity index (χ3n) is 11.0. The monoisotopic (exact) mass is 853 g/mol. The summed E-state index contributed by atoms with van der Waals surface area (Å²) in [5.74, 6) is -1.17. The van der Waals surface area contributed by atoms with Gasteiger partial charge in [-0.25, -0.2) is 9.78 Å². The van der Waals surface area contributed by atoms with Gasteiger partial charge in [-0.2, -0.15) is 4.57 Å². The molecule has 1 fully saturated rings. The number of anilines is 1. The van der Waals surface area contributed by atoms with E-state index in [1.807, 2.05) is 66.7 Å². The number of pyridine rings is 1. The van der Waals surface area contributed by atoms with Crippen LogP contribution in [0.15, 0.2) is 143 Å². The minimum absolute atomic E-state index is 0.0848. The number of ether oxygens (including phenoxy) is 1. The van der Waals surface area contributed by atoms with Gasteiger partial charge in [-0.15, -0.1) is 23.1 Å². The van der Waals surface area contributed by atoms with Gasteiger partial charge in [0, 0.05) is 34.1 Å². The normalized spacial score (nSPS) is 17.9. The smallest absolute Gasteiger partial charge is 0.356 e. The number of carbonyl (C=O) groups excluding carboxylic acids is 3. The maximum atomic E-state index is 14.1. The van der Waals surface area contributed by atoms with Gasteiger partial charge in [0.2, 0.25) is 0 Å². The number of thiazole rings is 1. The van der Waals surface area contributed by atoms with Crippen molar-refractivity contribution in [3.63, 3.8) is 0 Å². The number of hydrogen-bond acceptors (Lipinski definition) is 10. The molecular formula is C48H49N6O5S2+. The highest BCUT2D eigenvalue weighted by Crippen LogP contribution is 2.42. The molecule has 4 heterocycles. The second kappa shape index (κ2) is 17.9. The number of fused-ring (bicyclic) bond motifs is 2. The Balaban J connectivity index is 1.04. The van der Waals surface area contributed by atoms with E-state index >= 15 is 0 Å². The lowest BCUT2D eigenvalue weighted by atomic mass is 9.77. The van der Waals surface area contributed by atoms with Crippen molar-refractivity contribution in [2.45, 2.75) is 76.2 Å². The Morgan fingerprint density at radius 2 is 1.56 bits per heavy atom. The maximum absolute atomic E-state index is 14.1. The summed E-state index contributed by atoms with van der Waals surface area (Å²) < 4.78 is 8.09. The van der Waals surface area contributed by atoms with Crippen molar-refractivity contribution in [3.8, 4) is 0 Å². The predicted molar refractivity (Wildman–Crippen MR) is 239 cm³/mol. The Hall–Kier alpha value is -6.05. The molecule has 13 heteroatoms. The SMILES string of the molecule is CON=C(C(=O)N[C@@H]1C(=O)N2C(C(=O)OC(C)(C)C)=C(/C=C/C[n+]3cccc4c3CCCC4)SC[C@H]12)c1csc(NC(c2ccccc2)(c2ccccc2)c2ccccc2)n1. The lowest BCUT2D eigenvalue weighted by molar-refractivity contribution is -0.695. The topological polar surface area (TPSA) is 126 Å². The number of amides is 2. The Kier molecular flexibility index (Phi) is 12.2. The summed E-state index contributed by atoms with van der Waals surface area (Å²) in [6.45, 7) is 6.02. The van der Waals surface area contributed by atoms with E-state index in [1.165, 1.54) is 59.2 Å². The van der Waals surface area contributed by atoms with E-state index in [2.05, 4.69) is 75.1 Å². The van der Waals surface area contributed by atoms with Crippen molar-refractivity contribution < 1.29 is 28.5 Å². The number of β-lactam (4-membered cyclic amide) rings is 1. The van der Waals surface area contributed by atoms with Crippen LogP contribution in [0.2, 0.25) is 0 Å². The van der Waals surface area contributed by atoms with Crippen LogP contribution in [0.4, 0.5) is 5.13 Å². The summed E-state index contributed by atoms with van der Waals surface area (Å²) in [6, 6.07) is 33.3. The zero-order valence-electron chi connectivity index (χ0n) is 34.7. The molecule has 5 aromatic rings. The van der Waals surface area contributed by atoms with E-state index in [0.29, 0.717) is 22.3 Å². The zero-order valence-corrected chi connectivity index (χ0v) is 36.3. The quantitative estimate of drug-likeness (QED) is 0.0316. The number of hydrogen-bond donors (Lipinski definition) is 2. The molecule has 8 rings (SSSR count). The van der Waals surface area contributed by atoms with Crippen LogP contribution in [-0.2, 0) is 48.9 Å². The van der Waals surface area contributed by atoms with Crippen LogP contribution in [0.25, 0.3) is 0 Å².